The van der Waals surface area contributed by atoms with Crippen molar-refractivity contribution in [2.75, 3.05) is 83.1 Å². The van der Waals surface area contributed by atoms with E-state index in [1.54, 1.807) is 55.4 Å². The van der Waals surface area contributed by atoms with Crippen LogP contribution < -0.4 is 0 Å². The van der Waals surface area contributed by atoms with Gasteiger partial charge in [-0.05, 0) is 76.0 Å². The second kappa shape index (κ2) is 57.2. The third kappa shape index (κ3) is 42.0. The molecule has 4 saturated heterocycles. The summed E-state index contributed by atoms with van der Waals surface area (Å²) >= 11 is 0. The highest BCUT2D eigenvalue weighted by Crippen LogP contribution is 2.51. The van der Waals surface area contributed by atoms with Crippen LogP contribution in [0.3, 0.4) is 0 Å². The van der Waals surface area contributed by atoms with Crippen molar-refractivity contribution >= 4 is 29.7 Å². The maximum atomic E-state index is 11.3. The van der Waals surface area contributed by atoms with E-state index in [0.717, 1.165) is 17.6 Å². The predicted octanol–water partition coefficient (Wildman–Crippen LogP) is 1.57. The molecule has 0 aromatic carbocycles. The SMILES string of the molecule is CC(C)C(CO)CO.CC(C)C(O)CO.CC(C)C1C(O)OC(CO)C(O)C1O.CC(C)[N+](C)(C)C.CCC1OC(C(C)C)C(O)C(O)C1O.CCC1OC(C(C)C)C(O)C(O)C1O.COC(=O)C(C)C.COC(=O)C1OC(C(C)C)C(O)C(O)C1O.COP(=O)(OC)C(C)C.COS(=O)(=O)C(C)C. The normalized spacial score (nSPS) is 29.4. The lowest BCUT2D eigenvalue weighted by Gasteiger charge is -2.42. The molecule has 0 amide bonds. The maximum absolute atomic E-state index is 11.3. The molecular weight excluding hydrogens is 1410 g/mol. The van der Waals surface area contributed by atoms with E-state index in [1.807, 2.05) is 83.1 Å². The molecule has 632 valence electrons. The van der Waals surface area contributed by atoms with E-state index < -0.39 is 152 Å². The average Bonchev–Trinajstić information content (AvgIpc) is 0.819. The zero-order chi connectivity index (χ0) is 83.7. The molecule has 17 N–H and O–H groups in total. The van der Waals surface area contributed by atoms with Crippen molar-refractivity contribution in [1.29, 1.82) is 0 Å². The van der Waals surface area contributed by atoms with Gasteiger partial charge in [-0.3, -0.25) is 13.5 Å². The Morgan fingerprint density at radius 2 is 0.808 bits per heavy atom. The molecule has 32 nitrogen and oxygen atoms in total. The fraction of sp³-hybridized carbons (Fsp3) is 0.971. The summed E-state index contributed by atoms with van der Waals surface area (Å²) in [5, 5.41) is 158. The third-order valence-corrected chi connectivity index (χ3v) is 21.5. The van der Waals surface area contributed by atoms with Crippen molar-refractivity contribution in [2.45, 2.75) is 304 Å². The Bertz CT molecular complexity index is 2220. The monoisotopic (exact) mass is 1560 g/mol. The first-order valence-corrected chi connectivity index (χ1v) is 38.9. The van der Waals surface area contributed by atoms with Gasteiger partial charge in [-0.25, -0.2) is 4.79 Å². The molecule has 0 spiro atoms. The smallest absolute Gasteiger partial charge is 0.337 e. The zero-order valence-electron chi connectivity index (χ0n) is 68.3. The van der Waals surface area contributed by atoms with Gasteiger partial charge < -0.3 is 129 Å². The summed E-state index contributed by atoms with van der Waals surface area (Å²) in [6, 6.07) is 0.736. The van der Waals surface area contributed by atoms with E-state index in [2.05, 4.69) is 57.7 Å². The summed E-state index contributed by atoms with van der Waals surface area (Å²) in [5.74, 6) is -0.659. The van der Waals surface area contributed by atoms with Gasteiger partial charge in [0.05, 0.1) is 121 Å². The van der Waals surface area contributed by atoms with Crippen molar-refractivity contribution in [2.24, 2.45) is 53.3 Å². The summed E-state index contributed by atoms with van der Waals surface area (Å²) in [4.78, 5) is 21.6. The molecule has 21 unspecified atom stereocenters. The van der Waals surface area contributed by atoms with E-state index >= 15 is 0 Å². The van der Waals surface area contributed by atoms with Crippen molar-refractivity contribution < 1.29 is 156 Å². The van der Waals surface area contributed by atoms with Gasteiger partial charge in [0, 0.05) is 39.3 Å². The Morgan fingerprint density at radius 3 is 0.981 bits per heavy atom. The van der Waals surface area contributed by atoms with Crippen LogP contribution in [0.2, 0.25) is 0 Å². The number of rotatable bonds is 20. The number of esters is 2. The topological polar surface area (TPSA) is 512 Å². The van der Waals surface area contributed by atoms with Gasteiger partial charge in [0.25, 0.3) is 10.1 Å². The van der Waals surface area contributed by atoms with Gasteiger partial charge in [0.1, 0.15) is 67.1 Å². The van der Waals surface area contributed by atoms with E-state index in [4.69, 9.17) is 44.5 Å². The van der Waals surface area contributed by atoms with Crippen molar-refractivity contribution in [1.82, 2.24) is 0 Å². The molecule has 4 aliphatic heterocycles. The van der Waals surface area contributed by atoms with E-state index in [0.29, 0.717) is 18.8 Å². The highest BCUT2D eigenvalue weighted by molar-refractivity contribution is 7.87. The van der Waals surface area contributed by atoms with Crippen molar-refractivity contribution in [3.05, 3.63) is 0 Å². The minimum absolute atomic E-state index is 0.00463. The fourth-order valence-corrected chi connectivity index (χ4v) is 10.3. The number of aliphatic hydroxyl groups excluding tert-OH is 17. The van der Waals surface area contributed by atoms with Crippen molar-refractivity contribution in [3.63, 3.8) is 0 Å². The second-order valence-electron chi connectivity index (χ2n) is 29.8. The first-order valence-electron chi connectivity index (χ1n) is 35.8. The molecule has 0 saturated carbocycles. The van der Waals surface area contributed by atoms with E-state index in [9.17, 15) is 83.9 Å². The van der Waals surface area contributed by atoms with Gasteiger partial charge in [-0.2, -0.15) is 8.42 Å². The summed E-state index contributed by atoms with van der Waals surface area (Å²) in [7, 11) is 7.11. The quantitative estimate of drug-likeness (QED) is 0.0356. The Morgan fingerprint density at radius 1 is 0.462 bits per heavy atom. The molecule has 4 fully saturated rings. The van der Waals surface area contributed by atoms with E-state index in [1.165, 1.54) is 28.4 Å². The highest BCUT2D eigenvalue weighted by Gasteiger charge is 2.49. The number of hydrogen-bond acceptors (Lipinski definition) is 31. The molecule has 0 aromatic heterocycles. The standard InChI is InChI=1S/C10H18O6.2C10H20O4.C9H18O5.C6H16N.C6H14O2.C5H13O3P.C5H10O2.C5H12O2.C4H10O3S/c1-4(2)8-6(12)5(11)7(13)9(16-8)10(14)15-3;2*1-4-6-7(11)8(12)9(13)10(14-6)5(2)3;1-4(2)6-8(12)7(11)5(3-10)14-9(6)13;1-6(2)7(3,4)5;1-5(2)6(3-7)4-8;1-5(2)9(6,7-3)8-4;1-4(2)5(6)7-3;1-4(2)5(7)3-6;1-4(2)8(5,6)7-3/h4-9,11-13H,1-3H3;2*5-13H,4H2,1-3H3;4-13H,3H2,1-2H3;6H,1-5H3;5-8H,3-4H2,1-2H3;5H,1-4H3;4H,1-3H3;4-7H,3H2,1-2H3;4H,1-3H3/q;;;;+1;;;;;. The Hall–Kier alpha value is -1.88. The number of carbonyl (C=O) groups is 2. The summed E-state index contributed by atoms with van der Waals surface area (Å²) in [5.41, 5.74) is -0.0625. The Balaban J connectivity index is -0.000000261. The Labute approximate surface area is 623 Å². The molecular formula is C70H151NO31PS+. The number of nitrogens with zero attached hydrogens (tertiary/aromatic N) is 1. The van der Waals surface area contributed by atoms with Crippen LogP contribution in [-0.2, 0) is 65.9 Å². The van der Waals surface area contributed by atoms with Crippen LogP contribution in [0, 0.1) is 53.3 Å². The average molecular weight is 1570 g/mol. The molecule has 34 heteroatoms. The third-order valence-electron chi connectivity index (χ3n) is 17.6. The second-order valence-corrected chi connectivity index (χ2v) is 34.9. The number of hydrogen-bond donors (Lipinski definition) is 17. The largest absolute Gasteiger partial charge is 0.469 e. The van der Waals surface area contributed by atoms with Crippen LogP contribution in [0.15, 0.2) is 0 Å². The molecule has 4 aliphatic rings. The Kier molecular flexibility index (Phi) is 62.2. The van der Waals surface area contributed by atoms with Crippen LogP contribution in [0.1, 0.15) is 165 Å². The molecule has 21 atom stereocenters. The zero-order valence-corrected chi connectivity index (χ0v) is 70.0. The lowest BCUT2D eigenvalue weighted by molar-refractivity contribution is -0.891. The fourth-order valence-electron chi connectivity index (χ4n) is 8.96. The molecule has 0 aromatic rings. The molecule has 0 aliphatic carbocycles. The molecule has 4 rings (SSSR count). The minimum Gasteiger partial charge on any atom is -0.469 e. The number of ether oxygens (including phenoxy) is 6. The van der Waals surface area contributed by atoms with Gasteiger partial charge in [0.15, 0.2) is 12.4 Å². The minimum atomic E-state index is -3.24. The van der Waals surface area contributed by atoms with Crippen molar-refractivity contribution in [3.8, 4) is 0 Å². The van der Waals surface area contributed by atoms with E-state index in [-0.39, 0.29) is 85.1 Å². The molecule has 4 heterocycles. The molecule has 104 heavy (non-hydrogen) atoms. The van der Waals surface area contributed by atoms with Gasteiger partial charge in [-0.1, -0.05) is 125 Å². The van der Waals surface area contributed by atoms with Gasteiger partial charge >= 0.3 is 19.5 Å². The number of carbonyl (C=O) groups excluding carboxylic acids is 2. The first kappa shape index (κ1) is 113. The van der Waals surface area contributed by atoms with Crippen LogP contribution in [0.4, 0.5) is 0 Å². The maximum Gasteiger partial charge on any atom is 0.337 e. The lowest BCUT2D eigenvalue weighted by atomic mass is 9.83. The predicted molar refractivity (Wildman–Crippen MR) is 394 cm³/mol. The van der Waals surface area contributed by atoms with Crippen LogP contribution >= 0.6 is 7.60 Å². The number of quaternary nitrogens is 1. The molecule has 0 bridgehead atoms. The number of methoxy groups -OCH3 is 2. The summed E-state index contributed by atoms with van der Waals surface area (Å²) in [6.07, 6.45) is -17.2. The first-order chi connectivity index (χ1) is 47.4. The highest BCUT2D eigenvalue weighted by atomic mass is 32.2. The summed E-state index contributed by atoms with van der Waals surface area (Å²) in [6.45, 7) is 40.8. The lowest BCUT2D eigenvalue weighted by Crippen LogP contribution is -2.61. The van der Waals surface area contributed by atoms with Crippen LogP contribution in [0.25, 0.3) is 0 Å². The van der Waals surface area contributed by atoms with Crippen LogP contribution in [-0.4, -0.2) is 334 Å². The number of aliphatic hydroxyl groups is 17. The summed E-state index contributed by atoms with van der Waals surface area (Å²) < 4.78 is 76.9. The molecule has 0 radical (unpaired) electrons. The van der Waals surface area contributed by atoms with Gasteiger partial charge in [0.2, 0.25) is 0 Å². The van der Waals surface area contributed by atoms with Crippen LogP contribution in [0.5, 0.6) is 0 Å². The van der Waals surface area contributed by atoms with Gasteiger partial charge in [-0.15, -0.1) is 0 Å².